The average molecular weight is 307 g/mol. The van der Waals surface area contributed by atoms with E-state index in [2.05, 4.69) is 15.9 Å². The van der Waals surface area contributed by atoms with Gasteiger partial charge < -0.3 is 5.11 Å². The number of sulfone groups is 1. The van der Waals surface area contributed by atoms with Crippen LogP contribution in [-0.2, 0) is 9.84 Å². The molecule has 1 N–H and O–H groups in total. The molecule has 0 fully saturated rings. The number of alkyl halides is 1. The van der Waals surface area contributed by atoms with E-state index in [9.17, 15) is 13.5 Å². The van der Waals surface area contributed by atoms with Crippen LogP contribution >= 0.6 is 15.9 Å². The number of benzene rings is 1. The Kier molecular flexibility index (Phi) is 3.82. The number of hydrogen-bond donors (Lipinski definition) is 1. The molecule has 3 nitrogen and oxygen atoms in total. The quantitative estimate of drug-likeness (QED) is 0.871. The van der Waals surface area contributed by atoms with Crippen molar-refractivity contribution in [3.05, 3.63) is 35.4 Å². The van der Waals surface area contributed by atoms with Crippen molar-refractivity contribution in [1.82, 2.24) is 0 Å². The molecule has 0 unspecified atom stereocenters. The fourth-order valence-corrected chi connectivity index (χ4v) is 2.15. The van der Waals surface area contributed by atoms with Crippen molar-refractivity contribution in [1.29, 1.82) is 0 Å². The lowest BCUT2D eigenvalue weighted by atomic mass is 10.0. The molecule has 1 aromatic rings. The largest absolute Gasteiger partial charge is 0.386 e. The first-order chi connectivity index (χ1) is 7.18. The van der Waals surface area contributed by atoms with Gasteiger partial charge in [0.05, 0.1) is 0 Å². The molecule has 0 heterocycles. The summed E-state index contributed by atoms with van der Waals surface area (Å²) < 4.78 is 21.8. The average Bonchev–Trinajstić information content (AvgIpc) is 2.15. The first-order valence-corrected chi connectivity index (χ1v) is 7.48. The van der Waals surface area contributed by atoms with E-state index >= 15 is 0 Å². The number of rotatable bonds is 3. The van der Waals surface area contributed by atoms with Crippen LogP contribution in [0.5, 0.6) is 0 Å². The normalized spacial score (nSPS) is 17.8. The molecule has 0 radical (unpaired) electrons. The highest BCUT2D eigenvalue weighted by Gasteiger charge is 2.41. The van der Waals surface area contributed by atoms with Gasteiger partial charge in [-0.1, -0.05) is 40.2 Å². The van der Waals surface area contributed by atoms with Crippen LogP contribution in [0.4, 0.5) is 0 Å². The lowest BCUT2D eigenvalue weighted by Gasteiger charge is -2.27. The molecule has 5 heteroatoms. The molecular formula is C11H15BrO3S. The summed E-state index contributed by atoms with van der Waals surface area (Å²) >= 11 is 3.10. The Morgan fingerprint density at radius 2 is 1.88 bits per heavy atom. The topological polar surface area (TPSA) is 54.4 Å². The molecule has 16 heavy (non-hydrogen) atoms. The summed E-state index contributed by atoms with van der Waals surface area (Å²) in [6.07, 6.45) is 0.00664. The van der Waals surface area contributed by atoms with E-state index in [1.54, 1.807) is 12.1 Å². The van der Waals surface area contributed by atoms with Gasteiger partial charge in [-0.25, -0.2) is 8.42 Å². The molecule has 0 saturated carbocycles. The summed E-state index contributed by atoms with van der Waals surface area (Å²) in [5, 5.41) is 10.1. The van der Waals surface area contributed by atoms with Crippen LogP contribution in [0.15, 0.2) is 24.3 Å². The van der Waals surface area contributed by atoms with Crippen molar-refractivity contribution in [2.24, 2.45) is 0 Å². The maximum absolute atomic E-state index is 11.6. The standard InChI is InChI=1S/C11H15BrO3S/c1-8-6-4-5-7-9(8)10(13)11(2,12)16(3,14)15/h4-7,10,13H,1-3H3/t10-,11+/m1/s1. The molecule has 0 amide bonds. The summed E-state index contributed by atoms with van der Waals surface area (Å²) in [5.41, 5.74) is 1.48. The second-order valence-electron chi connectivity index (χ2n) is 4.02. The van der Waals surface area contributed by atoms with E-state index < -0.39 is 19.6 Å². The number of halogens is 1. The lowest BCUT2D eigenvalue weighted by molar-refractivity contribution is 0.167. The zero-order chi connectivity index (χ0) is 12.6. The zero-order valence-corrected chi connectivity index (χ0v) is 11.8. The van der Waals surface area contributed by atoms with Crippen LogP contribution in [0.25, 0.3) is 0 Å². The molecule has 2 atom stereocenters. The minimum absolute atomic E-state index is 0.618. The second-order valence-corrected chi connectivity index (χ2v) is 8.58. The van der Waals surface area contributed by atoms with Gasteiger partial charge in [0.25, 0.3) is 0 Å². The predicted molar refractivity (Wildman–Crippen MR) is 68.3 cm³/mol. The Hall–Kier alpha value is -0.390. The molecule has 1 aromatic carbocycles. The highest BCUT2D eigenvalue weighted by Crippen LogP contribution is 2.38. The smallest absolute Gasteiger partial charge is 0.165 e. The van der Waals surface area contributed by atoms with Gasteiger partial charge in [0.2, 0.25) is 0 Å². The van der Waals surface area contributed by atoms with Crippen molar-refractivity contribution in [2.45, 2.75) is 23.6 Å². The van der Waals surface area contributed by atoms with E-state index in [0.717, 1.165) is 11.8 Å². The fourth-order valence-electron chi connectivity index (χ4n) is 1.37. The Morgan fingerprint density at radius 3 is 2.31 bits per heavy atom. The van der Waals surface area contributed by atoms with Crippen LogP contribution in [0.3, 0.4) is 0 Å². The summed E-state index contributed by atoms with van der Waals surface area (Å²) in [6, 6.07) is 7.18. The summed E-state index contributed by atoms with van der Waals surface area (Å²) in [4.78, 5) is 0. The van der Waals surface area contributed by atoms with E-state index in [-0.39, 0.29) is 0 Å². The zero-order valence-electron chi connectivity index (χ0n) is 9.44. The van der Waals surface area contributed by atoms with Gasteiger partial charge in [-0.3, -0.25) is 0 Å². The Morgan fingerprint density at radius 1 is 1.38 bits per heavy atom. The summed E-state index contributed by atoms with van der Waals surface area (Å²) in [7, 11) is -3.40. The van der Waals surface area contributed by atoms with Gasteiger partial charge >= 0.3 is 0 Å². The Labute approximate surface area is 105 Å². The van der Waals surface area contributed by atoms with Crippen LogP contribution in [0.2, 0.25) is 0 Å². The van der Waals surface area contributed by atoms with E-state index in [1.807, 2.05) is 19.1 Å². The van der Waals surface area contributed by atoms with Gasteiger partial charge in [-0.05, 0) is 25.0 Å². The van der Waals surface area contributed by atoms with Crippen molar-refractivity contribution in [2.75, 3.05) is 6.26 Å². The second kappa shape index (κ2) is 4.47. The lowest BCUT2D eigenvalue weighted by Crippen LogP contribution is -2.35. The van der Waals surface area contributed by atoms with Gasteiger partial charge in [0.1, 0.15) is 6.10 Å². The van der Waals surface area contributed by atoms with Crippen LogP contribution in [-0.4, -0.2) is 23.4 Å². The summed E-state index contributed by atoms with van der Waals surface area (Å²) in [6.45, 7) is 3.29. The van der Waals surface area contributed by atoms with Crippen molar-refractivity contribution >= 4 is 25.8 Å². The molecule has 0 bridgehead atoms. The number of hydrogen-bond acceptors (Lipinski definition) is 3. The maximum Gasteiger partial charge on any atom is 0.165 e. The Balaban J connectivity index is 3.23. The fraction of sp³-hybridized carbons (Fsp3) is 0.455. The molecule has 0 aromatic heterocycles. The summed E-state index contributed by atoms with van der Waals surface area (Å²) in [5.74, 6) is 0. The van der Waals surface area contributed by atoms with Gasteiger partial charge in [-0.15, -0.1) is 0 Å². The van der Waals surface area contributed by atoms with Gasteiger partial charge in [0, 0.05) is 6.26 Å². The molecule has 0 aliphatic carbocycles. The molecule has 1 rings (SSSR count). The maximum atomic E-state index is 11.6. The predicted octanol–water partition coefficient (Wildman–Crippen LogP) is 2.18. The number of aryl methyl sites for hydroxylation is 1. The third-order valence-corrected chi connectivity index (χ3v) is 6.57. The highest BCUT2D eigenvalue weighted by atomic mass is 79.9. The first-order valence-electron chi connectivity index (χ1n) is 4.80. The Bertz CT molecular complexity index is 480. The molecule has 0 saturated heterocycles. The minimum atomic E-state index is -3.40. The number of aliphatic hydroxyl groups is 1. The van der Waals surface area contributed by atoms with Crippen LogP contribution in [0, 0.1) is 6.92 Å². The molecule has 0 aliphatic rings. The molecule has 0 spiro atoms. The van der Waals surface area contributed by atoms with E-state index in [1.165, 1.54) is 6.92 Å². The van der Waals surface area contributed by atoms with Gasteiger partial charge in [0.15, 0.2) is 13.5 Å². The minimum Gasteiger partial charge on any atom is -0.386 e. The number of aliphatic hydroxyl groups excluding tert-OH is 1. The van der Waals surface area contributed by atoms with Crippen molar-refractivity contribution < 1.29 is 13.5 Å². The molecule has 0 aliphatic heterocycles. The van der Waals surface area contributed by atoms with Crippen LogP contribution in [0.1, 0.15) is 24.2 Å². The van der Waals surface area contributed by atoms with Crippen molar-refractivity contribution in [3.8, 4) is 0 Å². The third-order valence-electron chi connectivity index (χ3n) is 2.70. The van der Waals surface area contributed by atoms with Gasteiger partial charge in [-0.2, -0.15) is 0 Å². The molecular weight excluding hydrogens is 292 g/mol. The monoisotopic (exact) mass is 306 g/mol. The SMILES string of the molecule is Cc1ccccc1[C@@H](O)[C@@](C)(Br)S(C)(=O)=O. The van der Waals surface area contributed by atoms with Crippen molar-refractivity contribution in [3.63, 3.8) is 0 Å². The van der Waals surface area contributed by atoms with Crippen LogP contribution < -0.4 is 0 Å². The first kappa shape index (κ1) is 13.7. The highest BCUT2D eigenvalue weighted by molar-refractivity contribution is 9.11. The molecule has 90 valence electrons. The third kappa shape index (κ3) is 2.47. The van der Waals surface area contributed by atoms with E-state index in [0.29, 0.717) is 5.56 Å². The van der Waals surface area contributed by atoms with E-state index in [4.69, 9.17) is 0 Å².